The second-order valence-electron chi connectivity index (χ2n) is 6.79. The second kappa shape index (κ2) is 7.72. The summed E-state index contributed by atoms with van der Waals surface area (Å²) in [6.45, 7) is 3.40. The van der Waals surface area contributed by atoms with Gasteiger partial charge in [-0.1, -0.05) is 35.0 Å². The van der Waals surface area contributed by atoms with E-state index in [0.29, 0.717) is 12.1 Å². The van der Waals surface area contributed by atoms with Crippen molar-refractivity contribution in [2.24, 2.45) is 0 Å². The maximum Gasteiger partial charge on any atom is 0.251 e. The largest absolute Gasteiger partial charge is 0.376 e. The molecule has 1 aliphatic rings. The summed E-state index contributed by atoms with van der Waals surface area (Å²) in [5.41, 5.74) is 4.64. The van der Waals surface area contributed by atoms with Crippen LogP contribution < -0.4 is 5.32 Å². The molecule has 1 fully saturated rings. The first-order valence-electron chi connectivity index (χ1n) is 9.19. The standard InChI is InChI=1S/C21H22N4O2/c1-15-4-6-16(7-5-15)20-14-23-24-25(20)18-10-8-17(9-11-18)21(26)22-13-19-3-2-12-27-19/h4-11,14,19H,2-3,12-13H2,1H3,(H,22,26). The van der Waals surface area contributed by atoms with Crippen LogP contribution in [-0.2, 0) is 4.74 Å². The summed E-state index contributed by atoms with van der Waals surface area (Å²) in [6.07, 6.45) is 3.96. The van der Waals surface area contributed by atoms with Gasteiger partial charge in [0.15, 0.2) is 0 Å². The fourth-order valence-electron chi connectivity index (χ4n) is 3.21. The minimum atomic E-state index is -0.0885. The Balaban J connectivity index is 1.48. The maximum atomic E-state index is 12.3. The molecule has 1 N–H and O–H groups in total. The van der Waals surface area contributed by atoms with Gasteiger partial charge in [0.25, 0.3) is 5.91 Å². The zero-order valence-electron chi connectivity index (χ0n) is 15.3. The van der Waals surface area contributed by atoms with Crippen molar-refractivity contribution in [1.82, 2.24) is 20.3 Å². The summed E-state index contributed by atoms with van der Waals surface area (Å²) in [5, 5.41) is 11.2. The van der Waals surface area contributed by atoms with Crippen molar-refractivity contribution in [3.63, 3.8) is 0 Å². The van der Waals surface area contributed by atoms with E-state index in [4.69, 9.17) is 4.74 Å². The van der Waals surface area contributed by atoms with E-state index in [2.05, 4.69) is 46.8 Å². The zero-order chi connectivity index (χ0) is 18.6. The maximum absolute atomic E-state index is 12.3. The van der Waals surface area contributed by atoms with Gasteiger partial charge in [-0.05, 0) is 44.0 Å². The summed E-state index contributed by atoms with van der Waals surface area (Å²) in [5.74, 6) is -0.0885. The van der Waals surface area contributed by atoms with E-state index in [1.165, 1.54) is 5.56 Å². The first kappa shape index (κ1) is 17.4. The molecule has 0 radical (unpaired) electrons. The molecule has 2 aromatic carbocycles. The SMILES string of the molecule is Cc1ccc(-c2cnnn2-c2ccc(C(=O)NCC3CCCO3)cc2)cc1. The van der Waals surface area contributed by atoms with Crippen LogP contribution in [0.25, 0.3) is 16.9 Å². The van der Waals surface area contributed by atoms with Crippen LogP contribution >= 0.6 is 0 Å². The van der Waals surface area contributed by atoms with Gasteiger partial charge >= 0.3 is 0 Å². The molecule has 1 atom stereocenters. The fourth-order valence-corrected chi connectivity index (χ4v) is 3.21. The monoisotopic (exact) mass is 362 g/mol. The van der Waals surface area contributed by atoms with E-state index < -0.39 is 0 Å². The Kier molecular flexibility index (Phi) is 4.98. The van der Waals surface area contributed by atoms with Crippen LogP contribution in [0.3, 0.4) is 0 Å². The average Bonchev–Trinajstić information content (AvgIpc) is 3.39. The lowest BCUT2D eigenvalue weighted by atomic mass is 10.1. The summed E-state index contributed by atoms with van der Waals surface area (Å²) in [7, 11) is 0. The van der Waals surface area contributed by atoms with Gasteiger partial charge in [-0.25, -0.2) is 4.68 Å². The number of nitrogens with one attached hydrogen (secondary N) is 1. The molecule has 27 heavy (non-hydrogen) atoms. The van der Waals surface area contributed by atoms with Gasteiger partial charge in [0.05, 0.1) is 23.7 Å². The predicted molar refractivity (Wildman–Crippen MR) is 103 cm³/mol. The number of rotatable bonds is 5. The zero-order valence-corrected chi connectivity index (χ0v) is 15.3. The minimum absolute atomic E-state index is 0.0885. The first-order valence-corrected chi connectivity index (χ1v) is 9.19. The van der Waals surface area contributed by atoms with E-state index in [0.717, 1.165) is 36.4 Å². The Labute approximate surface area is 158 Å². The Bertz CT molecular complexity index is 910. The molecule has 138 valence electrons. The number of carbonyl (C=O) groups excluding carboxylic acids is 1. The molecule has 0 saturated carbocycles. The van der Waals surface area contributed by atoms with E-state index >= 15 is 0 Å². The Morgan fingerprint density at radius 1 is 1.19 bits per heavy atom. The van der Waals surface area contributed by atoms with Crippen LogP contribution in [0.15, 0.2) is 54.7 Å². The smallest absolute Gasteiger partial charge is 0.251 e. The molecule has 2 heterocycles. The van der Waals surface area contributed by atoms with Crippen LogP contribution in [0, 0.1) is 6.92 Å². The van der Waals surface area contributed by atoms with E-state index in [-0.39, 0.29) is 12.0 Å². The fraction of sp³-hybridized carbons (Fsp3) is 0.286. The third-order valence-corrected chi connectivity index (χ3v) is 4.78. The van der Waals surface area contributed by atoms with Crippen LogP contribution in [0.1, 0.15) is 28.8 Å². The molecule has 0 bridgehead atoms. The number of hydrogen-bond acceptors (Lipinski definition) is 4. The predicted octanol–water partition coefficient (Wildman–Crippen LogP) is 3.15. The molecule has 6 nitrogen and oxygen atoms in total. The van der Waals surface area contributed by atoms with Gasteiger partial charge in [-0.15, -0.1) is 5.10 Å². The lowest BCUT2D eigenvalue weighted by molar-refractivity contribution is 0.0858. The lowest BCUT2D eigenvalue weighted by Gasteiger charge is -2.11. The molecule has 3 aromatic rings. The minimum Gasteiger partial charge on any atom is -0.376 e. The molecule has 1 amide bonds. The number of amides is 1. The van der Waals surface area contributed by atoms with Crippen molar-refractivity contribution in [3.05, 3.63) is 65.9 Å². The van der Waals surface area contributed by atoms with E-state index in [1.807, 2.05) is 12.1 Å². The van der Waals surface area contributed by atoms with Crippen LogP contribution in [0.2, 0.25) is 0 Å². The van der Waals surface area contributed by atoms with Gasteiger partial charge in [-0.2, -0.15) is 0 Å². The quantitative estimate of drug-likeness (QED) is 0.757. The summed E-state index contributed by atoms with van der Waals surface area (Å²) in [6, 6.07) is 15.6. The third-order valence-electron chi connectivity index (χ3n) is 4.78. The highest BCUT2D eigenvalue weighted by Crippen LogP contribution is 2.22. The van der Waals surface area contributed by atoms with Crippen LogP contribution in [0.5, 0.6) is 0 Å². The third kappa shape index (κ3) is 3.90. The topological polar surface area (TPSA) is 69.0 Å². The Morgan fingerprint density at radius 2 is 1.96 bits per heavy atom. The number of nitrogens with zero attached hydrogens (tertiary/aromatic N) is 3. The number of hydrogen-bond donors (Lipinski definition) is 1. The Morgan fingerprint density at radius 3 is 2.67 bits per heavy atom. The molecule has 0 aliphatic carbocycles. The Hall–Kier alpha value is -2.99. The first-order chi connectivity index (χ1) is 13.2. The van der Waals surface area contributed by atoms with Crippen molar-refractivity contribution in [1.29, 1.82) is 0 Å². The number of benzene rings is 2. The number of ether oxygens (including phenoxy) is 1. The molecule has 1 aliphatic heterocycles. The van der Waals surface area contributed by atoms with Crippen molar-refractivity contribution in [2.45, 2.75) is 25.9 Å². The van der Waals surface area contributed by atoms with Gasteiger partial charge in [-0.3, -0.25) is 4.79 Å². The molecule has 6 heteroatoms. The molecule has 1 unspecified atom stereocenters. The summed E-state index contributed by atoms with van der Waals surface area (Å²) < 4.78 is 7.31. The van der Waals surface area contributed by atoms with Crippen LogP contribution in [0.4, 0.5) is 0 Å². The highest BCUT2D eigenvalue weighted by molar-refractivity contribution is 5.94. The highest BCUT2D eigenvalue weighted by Gasteiger charge is 2.17. The molecular weight excluding hydrogens is 340 g/mol. The second-order valence-corrected chi connectivity index (χ2v) is 6.79. The van der Waals surface area contributed by atoms with Gasteiger partial charge in [0.1, 0.15) is 0 Å². The van der Waals surface area contributed by atoms with Crippen molar-refractivity contribution in [3.8, 4) is 16.9 Å². The number of aryl methyl sites for hydroxylation is 1. The molecule has 4 rings (SSSR count). The normalized spacial score (nSPS) is 16.4. The van der Waals surface area contributed by atoms with Crippen molar-refractivity contribution in [2.75, 3.05) is 13.2 Å². The number of carbonyl (C=O) groups is 1. The summed E-state index contributed by atoms with van der Waals surface area (Å²) >= 11 is 0. The van der Waals surface area contributed by atoms with E-state index in [1.54, 1.807) is 23.0 Å². The van der Waals surface area contributed by atoms with Crippen LogP contribution in [-0.4, -0.2) is 40.2 Å². The van der Waals surface area contributed by atoms with Gasteiger partial charge in [0.2, 0.25) is 0 Å². The molecular formula is C21H22N4O2. The molecule has 1 aromatic heterocycles. The van der Waals surface area contributed by atoms with Gasteiger partial charge < -0.3 is 10.1 Å². The molecule has 1 saturated heterocycles. The summed E-state index contributed by atoms with van der Waals surface area (Å²) in [4.78, 5) is 12.3. The molecule has 0 spiro atoms. The average molecular weight is 362 g/mol. The van der Waals surface area contributed by atoms with E-state index in [9.17, 15) is 4.79 Å². The van der Waals surface area contributed by atoms with Crippen molar-refractivity contribution >= 4 is 5.91 Å². The van der Waals surface area contributed by atoms with Gasteiger partial charge in [0, 0.05) is 24.3 Å². The highest BCUT2D eigenvalue weighted by atomic mass is 16.5. The lowest BCUT2D eigenvalue weighted by Crippen LogP contribution is -2.31. The van der Waals surface area contributed by atoms with Crippen molar-refractivity contribution < 1.29 is 9.53 Å². The number of aromatic nitrogens is 3.